The van der Waals surface area contributed by atoms with Crippen molar-refractivity contribution in [3.05, 3.63) is 0 Å². The zero-order valence-corrected chi connectivity index (χ0v) is 10.8. The Bertz CT molecular complexity index is 290. The maximum absolute atomic E-state index is 11.4. The molecule has 0 aliphatic heterocycles. The van der Waals surface area contributed by atoms with E-state index in [-0.39, 0.29) is 5.91 Å². The van der Waals surface area contributed by atoms with Crippen molar-refractivity contribution in [2.75, 3.05) is 13.6 Å². The molecule has 0 aromatic heterocycles. The van der Waals surface area contributed by atoms with Crippen molar-refractivity contribution in [1.82, 2.24) is 4.90 Å². The van der Waals surface area contributed by atoms with Gasteiger partial charge in [0.15, 0.2) is 0 Å². The summed E-state index contributed by atoms with van der Waals surface area (Å²) in [6, 6.07) is 0.432. The maximum atomic E-state index is 11.4. The average molecular weight is 239 g/mol. The van der Waals surface area contributed by atoms with Gasteiger partial charge in [-0.05, 0) is 51.5 Å². The minimum atomic E-state index is -0.767. The molecule has 0 aromatic carbocycles. The van der Waals surface area contributed by atoms with Crippen LogP contribution in [0.2, 0.25) is 0 Å². The molecule has 2 unspecified atom stereocenters. The van der Waals surface area contributed by atoms with Crippen LogP contribution < -0.4 is 11.5 Å². The fourth-order valence-corrected chi connectivity index (χ4v) is 3.11. The van der Waals surface area contributed by atoms with E-state index in [0.717, 1.165) is 38.1 Å². The molecule has 2 aliphatic rings. The summed E-state index contributed by atoms with van der Waals surface area (Å²) >= 11 is 0. The first-order chi connectivity index (χ1) is 8.01. The van der Waals surface area contributed by atoms with Crippen molar-refractivity contribution in [2.24, 2.45) is 17.4 Å². The lowest BCUT2D eigenvalue weighted by molar-refractivity contribution is -0.125. The highest BCUT2D eigenvalue weighted by molar-refractivity contribution is 5.84. The molecular weight excluding hydrogens is 214 g/mol. The van der Waals surface area contributed by atoms with E-state index >= 15 is 0 Å². The van der Waals surface area contributed by atoms with Gasteiger partial charge in [-0.3, -0.25) is 4.79 Å². The predicted octanol–water partition coefficient (Wildman–Crippen LogP) is 0.844. The van der Waals surface area contributed by atoms with Crippen LogP contribution in [0.25, 0.3) is 0 Å². The molecule has 4 heteroatoms. The molecular formula is C13H25N3O. The van der Waals surface area contributed by atoms with Crippen LogP contribution >= 0.6 is 0 Å². The van der Waals surface area contributed by atoms with Gasteiger partial charge in [-0.15, -0.1) is 0 Å². The number of rotatable bonds is 4. The molecule has 4 nitrogen and oxygen atoms in total. The van der Waals surface area contributed by atoms with E-state index in [0.29, 0.717) is 6.04 Å². The van der Waals surface area contributed by atoms with Crippen LogP contribution in [0.5, 0.6) is 0 Å². The number of nitrogens with zero attached hydrogens (tertiary/aromatic N) is 1. The van der Waals surface area contributed by atoms with Gasteiger partial charge in [-0.1, -0.05) is 6.42 Å². The second-order valence-corrected chi connectivity index (χ2v) is 6.01. The van der Waals surface area contributed by atoms with Crippen LogP contribution in [0.3, 0.4) is 0 Å². The summed E-state index contributed by atoms with van der Waals surface area (Å²) in [6.45, 7) is 1.15. The zero-order valence-electron chi connectivity index (χ0n) is 10.8. The Hall–Kier alpha value is -0.610. The van der Waals surface area contributed by atoms with Gasteiger partial charge in [0.2, 0.25) is 5.91 Å². The number of carbonyl (C=O) groups is 1. The van der Waals surface area contributed by atoms with Crippen LogP contribution in [0.4, 0.5) is 0 Å². The maximum Gasteiger partial charge on any atom is 0.237 e. The fraction of sp³-hybridized carbons (Fsp3) is 0.923. The lowest BCUT2D eigenvalue weighted by Crippen LogP contribution is -2.58. The summed E-state index contributed by atoms with van der Waals surface area (Å²) in [5.41, 5.74) is 10.8. The minimum absolute atomic E-state index is 0.334. The molecule has 2 fully saturated rings. The number of nitrogens with two attached hydrogens (primary N) is 2. The van der Waals surface area contributed by atoms with Crippen molar-refractivity contribution in [2.45, 2.75) is 56.5 Å². The van der Waals surface area contributed by atoms with E-state index < -0.39 is 5.54 Å². The van der Waals surface area contributed by atoms with Gasteiger partial charge in [0.05, 0.1) is 5.54 Å². The highest BCUT2D eigenvalue weighted by atomic mass is 16.1. The molecule has 0 saturated heterocycles. The van der Waals surface area contributed by atoms with Crippen LogP contribution in [-0.4, -0.2) is 36.0 Å². The Morgan fingerprint density at radius 3 is 2.59 bits per heavy atom. The second-order valence-electron chi connectivity index (χ2n) is 6.01. The Kier molecular flexibility index (Phi) is 3.73. The van der Waals surface area contributed by atoms with Gasteiger partial charge in [-0.2, -0.15) is 0 Å². The zero-order chi connectivity index (χ0) is 12.5. The van der Waals surface area contributed by atoms with Crippen LogP contribution in [0.15, 0.2) is 0 Å². The van der Waals surface area contributed by atoms with Crippen molar-refractivity contribution in [1.29, 1.82) is 0 Å². The molecule has 0 bridgehead atoms. The molecule has 2 atom stereocenters. The van der Waals surface area contributed by atoms with Crippen LogP contribution in [0.1, 0.15) is 44.9 Å². The number of amides is 1. The van der Waals surface area contributed by atoms with Crippen LogP contribution in [0, 0.1) is 5.92 Å². The Morgan fingerprint density at radius 2 is 2.06 bits per heavy atom. The summed E-state index contributed by atoms with van der Waals surface area (Å²) in [5.74, 6) is 0.530. The first-order valence-corrected chi connectivity index (χ1v) is 6.80. The summed E-state index contributed by atoms with van der Waals surface area (Å²) in [7, 11) is 2.16. The largest absolute Gasteiger partial charge is 0.368 e. The molecule has 2 rings (SSSR count). The average Bonchev–Trinajstić information content (AvgIpc) is 2.23. The topological polar surface area (TPSA) is 72.3 Å². The van der Waals surface area contributed by atoms with E-state index in [1.807, 2.05) is 0 Å². The van der Waals surface area contributed by atoms with E-state index in [9.17, 15) is 4.79 Å². The fourth-order valence-electron chi connectivity index (χ4n) is 3.11. The Balaban J connectivity index is 1.89. The first-order valence-electron chi connectivity index (χ1n) is 6.80. The summed E-state index contributed by atoms with van der Waals surface area (Å²) in [6.07, 6.45) is 7.74. The van der Waals surface area contributed by atoms with Gasteiger partial charge in [0, 0.05) is 12.6 Å². The molecule has 0 radical (unpaired) electrons. The molecule has 4 N–H and O–H groups in total. The third-order valence-electron chi connectivity index (χ3n) is 4.65. The quantitative estimate of drug-likeness (QED) is 0.763. The van der Waals surface area contributed by atoms with Gasteiger partial charge in [0.1, 0.15) is 0 Å². The number of primary amides is 1. The lowest BCUT2D eigenvalue weighted by atomic mass is 9.78. The highest BCUT2D eigenvalue weighted by Crippen LogP contribution is 2.32. The highest BCUT2D eigenvalue weighted by Gasteiger charge is 2.39. The summed E-state index contributed by atoms with van der Waals surface area (Å²) < 4.78 is 0. The molecule has 17 heavy (non-hydrogen) atoms. The first kappa shape index (κ1) is 12.8. The molecule has 0 aromatic rings. The lowest BCUT2D eigenvalue weighted by Gasteiger charge is -2.41. The third-order valence-corrected chi connectivity index (χ3v) is 4.65. The van der Waals surface area contributed by atoms with E-state index in [1.54, 1.807) is 0 Å². The van der Waals surface area contributed by atoms with E-state index in [4.69, 9.17) is 11.5 Å². The number of hydrogen-bond donors (Lipinski definition) is 2. The minimum Gasteiger partial charge on any atom is -0.368 e. The third kappa shape index (κ3) is 2.80. The van der Waals surface area contributed by atoms with Crippen molar-refractivity contribution >= 4 is 5.91 Å². The number of hydrogen-bond acceptors (Lipinski definition) is 3. The second kappa shape index (κ2) is 4.94. The van der Waals surface area contributed by atoms with Crippen molar-refractivity contribution in [3.63, 3.8) is 0 Å². The van der Waals surface area contributed by atoms with Gasteiger partial charge >= 0.3 is 0 Å². The van der Waals surface area contributed by atoms with Gasteiger partial charge < -0.3 is 16.4 Å². The van der Waals surface area contributed by atoms with Crippen molar-refractivity contribution < 1.29 is 4.79 Å². The van der Waals surface area contributed by atoms with E-state index in [2.05, 4.69) is 11.9 Å². The molecule has 1 amide bonds. The Morgan fingerprint density at radius 1 is 1.35 bits per heavy atom. The SMILES string of the molecule is CN(CC1CCC1)C1CCCC(N)(C(N)=O)C1. The molecule has 0 spiro atoms. The smallest absolute Gasteiger partial charge is 0.237 e. The van der Waals surface area contributed by atoms with Gasteiger partial charge in [0.25, 0.3) is 0 Å². The summed E-state index contributed by atoms with van der Waals surface area (Å²) in [5, 5.41) is 0. The molecule has 2 saturated carbocycles. The normalized spacial score (nSPS) is 34.6. The predicted molar refractivity (Wildman–Crippen MR) is 68.3 cm³/mol. The molecule has 2 aliphatic carbocycles. The van der Waals surface area contributed by atoms with Crippen molar-refractivity contribution in [3.8, 4) is 0 Å². The monoisotopic (exact) mass is 239 g/mol. The standard InChI is InChI=1S/C13H25N3O/c1-16(9-10-4-2-5-10)11-6-3-7-13(15,8-11)12(14)17/h10-11H,2-9,15H2,1H3,(H2,14,17). The summed E-state index contributed by atoms with van der Waals surface area (Å²) in [4.78, 5) is 13.8. The Labute approximate surface area is 104 Å². The molecule has 0 heterocycles. The number of carbonyl (C=O) groups excluding carboxylic acids is 1. The van der Waals surface area contributed by atoms with Crippen LogP contribution in [-0.2, 0) is 4.79 Å². The van der Waals surface area contributed by atoms with E-state index in [1.165, 1.54) is 19.3 Å². The molecule has 98 valence electrons. The van der Waals surface area contributed by atoms with Gasteiger partial charge in [-0.25, -0.2) is 0 Å².